The predicted molar refractivity (Wildman–Crippen MR) is 141 cm³/mol. The third-order valence-corrected chi connectivity index (χ3v) is 6.17. The number of methoxy groups -OCH3 is 1. The van der Waals surface area contributed by atoms with Crippen LogP contribution in [0.25, 0.3) is 0 Å². The van der Waals surface area contributed by atoms with Gasteiger partial charge in [-0.2, -0.15) is 0 Å². The van der Waals surface area contributed by atoms with E-state index in [4.69, 9.17) is 19.2 Å². The second-order valence-corrected chi connectivity index (χ2v) is 8.93. The Hall–Kier alpha value is -1.26. The fraction of sp³-hybridized carbons (Fsp3) is 0.708. The van der Waals surface area contributed by atoms with Crippen LogP contribution < -0.4 is 20.1 Å². The molecule has 1 aromatic rings. The average molecular weight is 561 g/mol. The zero-order chi connectivity index (χ0) is 22.1. The summed E-state index contributed by atoms with van der Waals surface area (Å²) in [6, 6.07) is 6.05. The number of benzene rings is 1. The zero-order valence-electron chi connectivity index (χ0n) is 20.1. The van der Waals surface area contributed by atoms with Gasteiger partial charge in [0.15, 0.2) is 17.5 Å². The van der Waals surface area contributed by atoms with Crippen LogP contribution >= 0.6 is 24.0 Å². The van der Waals surface area contributed by atoms with E-state index in [1.165, 1.54) is 12.8 Å². The molecule has 1 aromatic carbocycles. The highest BCUT2D eigenvalue weighted by molar-refractivity contribution is 14.0. The Balaban J connectivity index is 0.00000363. The number of guanidine groups is 1. The third-order valence-electron chi connectivity index (χ3n) is 6.17. The van der Waals surface area contributed by atoms with Gasteiger partial charge in [-0.15, -0.1) is 24.0 Å². The van der Waals surface area contributed by atoms with E-state index in [-0.39, 0.29) is 35.6 Å². The van der Waals surface area contributed by atoms with Crippen LogP contribution in [0.4, 0.5) is 0 Å². The Morgan fingerprint density at radius 2 is 1.91 bits per heavy atom. The minimum atomic E-state index is 0. The SMILES string of the molecule is CCNC(=NCc1cccc(OC)c1OC1CCCC1)NCC(C)(C)N1CCOCC1.I. The smallest absolute Gasteiger partial charge is 0.191 e. The van der Waals surface area contributed by atoms with Crippen molar-refractivity contribution in [3.8, 4) is 11.5 Å². The first kappa shape index (κ1) is 27.0. The molecule has 7 nitrogen and oxygen atoms in total. The van der Waals surface area contributed by atoms with Crippen LogP contribution in [0, 0.1) is 0 Å². The fourth-order valence-corrected chi connectivity index (χ4v) is 4.24. The molecular formula is C24H41IN4O3. The van der Waals surface area contributed by atoms with Gasteiger partial charge in [0, 0.05) is 37.3 Å². The van der Waals surface area contributed by atoms with E-state index >= 15 is 0 Å². The lowest BCUT2D eigenvalue weighted by atomic mass is 10.0. The number of hydrogen-bond acceptors (Lipinski definition) is 5. The molecule has 2 N–H and O–H groups in total. The Morgan fingerprint density at radius 1 is 1.19 bits per heavy atom. The van der Waals surface area contributed by atoms with Gasteiger partial charge in [-0.3, -0.25) is 4.90 Å². The summed E-state index contributed by atoms with van der Waals surface area (Å²) in [5.41, 5.74) is 1.07. The predicted octanol–water partition coefficient (Wildman–Crippen LogP) is 3.80. The number of hydrogen-bond donors (Lipinski definition) is 2. The van der Waals surface area contributed by atoms with Crippen molar-refractivity contribution in [2.24, 2.45) is 4.99 Å². The van der Waals surface area contributed by atoms with Crippen molar-refractivity contribution in [1.29, 1.82) is 0 Å². The highest BCUT2D eigenvalue weighted by atomic mass is 127. The molecule has 0 spiro atoms. The van der Waals surface area contributed by atoms with Gasteiger partial charge in [-0.05, 0) is 52.5 Å². The van der Waals surface area contributed by atoms with Crippen LogP contribution in [-0.2, 0) is 11.3 Å². The first-order valence-electron chi connectivity index (χ1n) is 11.7. The molecule has 0 bridgehead atoms. The topological polar surface area (TPSA) is 67.4 Å². The Bertz CT molecular complexity index is 717. The van der Waals surface area contributed by atoms with E-state index in [0.717, 1.165) is 75.3 Å². The molecule has 3 rings (SSSR count). The summed E-state index contributed by atoms with van der Waals surface area (Å²) in [5.74, 6) is 2.44. The molecule has 1 saturated heterocycles. The van der Waals surface area contributed by atoms with Crippen molar-refractivity contribution >= 4 is 29.9 Å². The summed E-state index contributed by atoms with van der Waals surface area (Å²) < 4.78 is 17.5. The maximum Gasteiger partial charge on any atom is 0.191 e. The molecule has 182 valence electrons. The van der Waals surface area contributed by atoms with Gasteiger partial charge in [0.1, 0.15) is 0 Å². The van der Waals surface area contributed by atoms with E-state index in [9.17, 15) is 0 Å². The maximum atomic E-state index is 6.36. The van der Waals surface area contributed by atoms with Crippen molar-refractivity contribution in [3.05, 3.63) is 23.8 Å². The van der Waals surface area contributed by atoms with Crippen LogP contribution in [-0.4, -0.2) is 69.0 Å². The van der Waals surface area contributed by atoms with E-state index in [0.29, 0.717) is 6.54 Å². The molecule has 1 aliphatic heterocycles. The standard InChI is InChI=1S/C24H40N4O3.HI/c1-5-25-23(27-18-24(2,3)28-13-15-30-16-14-28)26-17-19-9-8-12-21(29-4)22(19)31-20-10-6-7-11-20;/h8-9,12,20H,5-7,10-11,13-18H2,1-4H3,(H2,25,26,27);1H. The molecule has 1 aliphatic carbocycles. The summed E-state index contributed by atoms with van der Waals surface area (Å²) in [7, 11) is 1.70. The minimum Gasteiger partial charge on any atom is -0.493 e. The largest absolute Gasteiger partial charge is 0.493 e. The molecule has 1 saturated carbocycles. The molecule has 0 atom stereocenters. The normalized spacial score (nSPS) is 18.2. The Labute approximate surface area is 210 Å². The van der Waals surface area contributed by atoms with Crippen LogP contribution in [0.5, 0.6) is 11.5 Å². The van der Waals surface area contributed by atoms with Crippen molar-refractivity contribution < 1.29 is 14.2 Å². The molecule has 0 aromatic heterocycles. The molecule has 0 radical (unpaired) electrons. The quantitative estimate of drug-likeness (QED) is 0.272. The molecular weight excluding hydrogens is 519 g/mol. The van der Waals surface area contributed by atoms with Crippen molar-refractivity contribution in [2.75, 3.05) is 46.5 Å². The second kappa shape index (κ2) is 13.4. The van der Waals surface area contributed by atoms with E-state index in [1.54, 1.807) is 7.11 Å². The number of ether oxygens (including phenoxy) is 3. The van der Waals surface area contributed by atoms with Crippen molar-refractivity contribution in [1.82, 2.24) is 15.5 Å². The van der Waals surface area contributed by atoms with Gasteiger partial charge < -0.3 is 24.8 Å². The lowest BCUT2D eigenvalue weighted by Crippen LogP contribution is -2.56. The first-order chi connectivity index (χ1) is 15.0. The van der Waals surface area contributed by atoms with Gasteiger partial charge in [0.05, 0.1) is 33.0 Å². The molecule has 0 unspecified atom stereocenters. The average Bonchev–Trinajstić information content (AvgIpc) is 3.30. The highest BCUT2D eigenvalue weighted by Crippen LogP contribution is 2.35. The molecule has 32 heavy (non-hydrogen) atoms. The molecule has 1 heterocycles. The van der Waals surface area contributed by atoms with Crippen LogP contribution in [0.3, 0.4) is 0 Å². The number of morpholine rings is 1. The van der Waals surface area contributed by atoms with E-state index < -0.39 is 0 Å². The number of para-hydroxylation sites is 1. The van der Waals surface area contributed by atoms with Crippen molar-refractivity contribution in [3.63, 3.8) is 0 Å². The first-order valence-corrected chi connectivity index (χ1v) is 11.7. The van der Waals surface area contributed by atoms with Crippen LogP contribution in [0.15, 0.2) is 23.2 Å². The van der Waals surface area contributed by atoms with Gasteiger partial charge >= 0.3 is 0 Å². The lowest BCUT2D eigenvalue weighted by molar-refractivity contribution is -0.00834. The molecule has 2 fully saturated rings. The van der Waals surface area contributed by atoms with Gasteiger partial charge in [-0.1, -0.05) is 12.1 Å². The highest BCUT2D eigenvalue weighted by Gasteiger charge is 2.28. The molecule has 2 aliphatic rings. The van der Waals surface area contributed by atoms with Crippen LogP contribution in [0.2, 0.25) is 0 Å². The number of nitrogens with zero attached hydrogens (tertiary/aromatic N) is 2. The molecule has 8 heteroatoms. The molecule has 0 amide bonds. The summed E-state index contributed by atoms with van der Waals surface area (Å²) in [4.78, 5) is 7.33. The lowest BCUT2D eigenvalue weighted by Gasteiger charge is -2.41. The Kier molecular flexibility index (Phi) is 11.3. The fourth-order valence-electron chi connectivity index (χ4n) is 4.24. The van der Waals surface area contributed by atoms with Gasteiger partial charge in [-0.25, -0.2) is 4.99 Å². The summed E-state index contributed by atoms with van der Waals surface area (Å²) >= 11 is 0. The summed E-state index contributed by atoms with van der Waals surface area (Å²) in [6.07, 6.45) is 4.98. The van der Waals surface area contributed by atoms with Gasteiger partial charge in [0.2, 0.25) is 0 Å². The number of halogens is 1. The van der Waals surface area contributed by atoms with Crippen molar-refractivity contribution in [2.45, 2.75) is 64.6 Å². The monoisotopic (exact) mass is 560 g/mol. The second-order valence-electron chi connectivity index (χ2n) is 8.93. The number of rotatable bonds is 9. The Morgan fingerprint density at radius 3 is 2.56 bits per heavy atom. The van der Waals surface area contributed by atoms with E-state index in [1.807, 2.05) is 12.1 Å². The summed E-state index contributed by atoms with van der Waals surface area (Å²) in [6.45, 7) is 12.3. The minimum absolute atomic E-state index is 0. The number of nitrogens with one attached hydrogen (secondary N) is 2. The zero-order valence-corrected chi connectivity index (χ0v) is 22.4. The van der Waals surface area contributed by atoms with Crippen LogP contribution in [0.1, 0.15) is 52.0 Å². The maximum absolute atomic E-state index is 6.36. The third kappa shape index (κ3) is 7.66. The van der Waals surface area contributed by atoms with E-state index in [2.05, 4.69) is 42.4 Å². The van der Waals surface area contributed by atoms with Gasteiger partial charge in [0.25, 0.3) is 0 Å². The number of aliphatic imine (C=N–C) groups is 1. The summed E-state index contributed by atoms with van der Waals surface area (Å²) in [5, 5.41) is 6.91.